The van der Waals surface area contributed by atoms with Crippen LogP contribution in [0.15, 0.2) is 48.5 Å². The number of imide groups is 1. The van der Waals surface area contributed by atoms with E-state index in [0.717, 1.165) is 33.8 Å². The number of carbonyl (C=O) groups excluding carboxylic acids is 3. The highest BCUT2D eigenvalue weighted by molar-refractivity contribution is 6.09. The van der Waals surface area contributed by atoms with E-state index in [0.29, 0.717) is 13.0 Å². The van der Waals surface area contributed by atoms with Gasteiger partial charge in [-0.2, -0.15) is 0 Å². The molecule has 1 unspecified atom stereocenters. The summed E-state index contributed by atoms with van der Waals surface area (Å²) in [6, 6.07) is 14.7. The van der Waals surface area contributed by atoms with Crippen LogP contribution < -0.4 is 15.4 Å². The van der Waals surface area contributed by atoms with Gasteiger partial charge in [0, 0.05) is 0 Å². The first kappa shape index (κ1) is 19.0. The molecule has 1 spiro atoms. The van der Waals surface area contributed by atoms with Gasteiger partial charge in [-0.1, -0.05) is 42.5 Å². The highest BCUT2D eigenvalue weighted by Gasteiger charge is 2.55. The van der Waals surface area contributed by atoms with E-state index < -0.39 is 17.5 Å². The molecule has 1 atom stereocenters. The van der Waals surface area contributed by atoms with Crippen LogP contribution in [0, 0.1) is 6.92 Å². The highest BCUT2D eigenvalue weighted by Crippen LogP contribution is 2.41. The number of rotatable bonds is 6. The zero-order chi connectivity index (χ0) is 20.4. The molecule has 4 amide bonds. The summed E-state index contributed by atoms with van der Waals surface area (Å²) in [4.78, 5) is 38.7. The van der Waals surface area contributed by atoms with E-state index in [9.17, 15) is 14.4 Å². The van der Waals surface area contributed by atoms with Gasteiger partial charge in [-0.15, -0.1) is 0 Å². The molecule has 2 aliphatic rings. The van der Waals surface area contributed by atoms with Crippen molar-refractivity contribution >= 4 is 17.8 Å². The molecule has 1 heterocycles. The molecular weight excluding hydrogens is 370 g/mol. The molecule has 150 valence electrons. The van der Waals surface area contributed by atoms with Crippen molar-refractivity contribution in [1.82, 2.24) is 15.5 Å². The molecular formula is C22H23N3O4. The van der Waals surface area contributed by atoms with E-state index in [-0.39, 0.29) is 19.0 Å². The van der Waals surface area contributed by atoms with E-state index in [1.807, 2.05) is 55.5 Å². The quantitative estimate of drug-likeness (QED) is 0.580. The van der Waals surface area contributed by atoms with Crippen molar-refractivity contribution in [2.24, 2.45) is 0 Å². The fraction of sp³-hybridized carbons (Fsp3) is 0.318. The van der Waals surface area contributed by atoms with Crippen molar-refractivity contribution < 1.29 is 19.1 Å². The van der Waals surface area contributed by atoms with Crippen LogP contribution in [0.1, 0.15) is 23.1 Å². The number of hydrogen-bond acceptors (Lipinski definition) is 4. The Kier molecular flexibility index (Phi) is 4.96. The smallest absolute Gasteiger partial charge is 0.325 e. The van der Waals surface area contributed by atoms with Crippen LogP contribution >= 0.6 is 0 Å². The van der Waals surface area contributed by atoms with Crippen molar-refractivity contribution in [2.75, 3.05) is 19.7 Å². The van der Waals surface area contributed by atoms with Crippen molar-refractivity contribution in [3.05, 3.63) is 65.2 Å². The molecule has 29 heavy (non-hydrogen) atoms. The largest absolute Gasteiger partial charge is 0.491 e. The summed E-state index contributed by atoms with van der Waals surface area (Å²) in [5.41, 5.74) is 1.86. The lowest BCUT2D eigenvalue weighted by Gasteiger charge is -2.22. The summed E-state index contributed by atoms with van der Waals surface area (Å²) in [6.45, 7) is 2.22. The number of hydrogen-bond donors (Lipinski definition) is 2. The molecule has 0 radical (unpaired) electrons. The highest BCUT2D eigenvalue weighted by atomic mass is 16.5. The van der Waals surface area contributed by atoms with Gasteiger partial charge < -0.3 is 15.4 Å². The van der Waals surface area contributed by atoms with Crippen LogP contribution in [0.5, 0.6) is 5.75 Å². The van der Waals surface area contributed by atoms with Gasteiger partial charge >= 0.3 is 6.03 Å². The molecule has 1 aliphatic carbocycles. The van der Waals surface area contributed by atoms with E-state index in [1.165, 1.54) is 0 Å². The van der Waals surface area contributed by atoms with Crippen molar-refractivity contribution in [1.29, 1.82) is 0 Å². The zero-order valence-corrected chi connectivity index (χ0v) is 16.2. The summed E-state index contributed by atoms with van der Waals surface area (Å²) >= 11 is 0. The third-order valence-electron chi connectivity index (χ3n) is 5.50. The number of para-hydroxylation sites is 1. The first-order valence-electron chi connectivity index (χ1n) is 9.69. The first-order valence-corrected chi connectivity index (χ1v) is 9.69. The van der Waals surface area contributed by atoms with Crippen LogP contribution in [0.2, 0.25) is 0 Å². The number of benzene rings is 2. The van der Waals surface area contributed by atoms with Crippen LogP contribution in [0.4, 0.5) is 4.79 Å². The monoisotopic (exact) mass is 393 g/mol. The van der Waals surface area contributed by atoms with Crippen molar-refractivity contribution in [3.8, 4) is 5.75 Å². The molecule has 0 saturated carbocycles. The Balaban J connectivity index is 1.33. The Hall–Kier alpha value is -3.35. The van der Waals surface area contributed by atoms with Crippen LogP contribution in [0.3, 0.4) is 0 Å². The van der Waals surface area contributed by atoms with E-state index in [4.69, 9.17) is 4.74 Å². The van der Waals surface area contributed by atoms with Crippen molar-refractivity contribution in [3.63, 3.8) is 0 Å². The van der Waals surface area contributed by atoms with Gasteiger partial charge in [0.1, 0.15) is 24.4 Å². The van der Waals surface area contributed by atoms with E-state index >= 15 is 0 Å². The zero-order valence-electron chi connectivity index (χ0n) is 16.2. The van der Waals surface area contributed by atoms with Gasteiger partial charge in [0.25, 0.3) is 5.91 Å². The number of amides is 4. The molecule has 4 rings (SSSR count). The number of fused-ring (bicyclic) bond motifs is 2. The lowest BCUT2D eigenvalue weighted by atomic mass is 9.92. The molecule has 0 aromatic heterocycles. The molecule has 7 nitrogen and oxygen atoms in total. The van der Waals surface area contributed by atoms with Gasteiger partial charge in [-0.3, -0.25) is 14.5 Å². The average Bonchev–Trinajstić information content (AvgIpc) is 3.20. The Morgan fingerprint density at radius 1 is 1.17 bits per heavy atom. The van der Waals surface area contributed by atoms with Crippen LogP contribution in [0.25, 0.3) is 0 Å². The number of ether oxygens (including phenoxy) is 1. The molecule has 1 fully saturated rings. The minimum absolute atomic E-state index is 0.283. The molecule has 2 aromatic rings. The predicted octanol–water partition coefficient (Wildman–Crippen LogP) is 1.88. The Labute approximate surface area is 169 Å². The first-order chi connectivity index (χ1) is 14.0. The Morgan fingerprint density at radius 2 is 1.93 bits per heavy atom. The second kappa shape index (κ2) is 7.58. The van der Waals surface area contributed by atoms with Crippen LogP contribution in [-0.4, -0.2) is 42.4 Å². The summed E-state index contributed by atoms with van der Waals surface area (Å²) in [5.74, 6) is 0.00154. The minimum Gasteiger partial charge on any atom is -0.491 e. The summed E-state index contributed by atoms with van der Waals surface area (Å²) in [5, 5.41) is 5.52. The lowest BCUT2D eigenvalue weighted by Crippen LogP contribution is -2.44. The second-order valence-electron chi connectivity index (χ2n) is 7.35. The van der Waals surface area contributed by atoms with Gasteiger partial charge in [0.2, 0.25) is 5.91 Å². The lowest BCUT2D eigenvalue weighted by molar-refractivity contribution is -0.135. The fourth-order valence-electron chi connectivity index (χ4n) is 4.00. The number of nitrogens with one attached hydrogen (secondary N) is 2. The summed E-state index contributed by atoms with van der Waals surface area (Å²) < 4.78 is 5.64. The Bertz CT molecular complexity index is 974. The maximum Gasteiger partial charge on any atom is 0.325 e. The Morgan fingerprint density at radius 3 is 2.76 bits per heavy atom. The van der Waals surface area contributed by atoms with E-state index in [2.05, 4.69) is 10.6 Å². The standard InChI is InChI=1S/C22H23N3O4/c1-15-6-2-5-9-18(15)29-13-12-23-19(26)14-25-20(27)22(24-21(25)28)11-10-16-7-3-4-8-17(16)22/h2-9H,10-14H2,1H3,(H,23,26)(H,24,28). The van der Waals surface area contributed by atoms with Gasteiger partial charge in [0.05, 0.1) is 6.54 Å². The molecule has 2 aromatic carbocycles. The molecule has 1 aliphatic heterocycles. The third-order valence-corrected chi connectivity index (χ3v) is 5.50. The molecule has 1 saturated heterocycles. The predicted molar refractivity (Wildman–Crippen MR) is 106 cm³/mol. The maximum atomic E-state index is 13.0. The van der Waals surface area contributed by atoms with Gasteiger partial charge in [-0.05, 0) is 42.5 Å². The van der Waals surface area contributed by atoms with Gasteiger partial charge in [-0.25, -0.2) is 4.79 Å². The average molecular weight is 393 g/mol. The fourth-order valence-corrected chi connectivity index (χ4v) is 4.00. The minimum atomic E-state index is -1.04. The number of carbonyl (C=O) groups is 3. The van der Waals surface area contributed by atoms with Gasteiger partial charge in [0.15, 0.2) is 0 Å². The molecule has 2 N–H and O–H groups in total. The molecule has 7 heteroatoms. The summed E-state index contributed by atoms with van der Waals surface area (Å²) in [7, 11) is 0. The second-order valence-corrected chi connectivity index (χ2v) is 7.35. The number of urea groups is 1. The van der Waals surface area contributed by atoms with Crippen LogP contribution in [-0.2, 0) is 21.5 Å². The third kappa shape index (κ3) is 3.44. The summed E-state index contributed by atoms with van der Waals surface area (Å²) in [6.07, 6.45) is 1.23. The normalized spacial score (nSPS) is 20.0. The number of nitrogens with zero attached hydrogens (tertiary/aromatic N) is 1. The van der Waals surface area contributed by atoms with Crippen molar-refractivity contribution in [2.45, 2.75) is 25.3 Å². The van der Waals surface area contributed by atoms with E-state index in [1.54, 1.807) is 0 Å². The SMILES string of the molecule is Cc1ccccc1OCCNC(=O)CN1C(=O)NC2(CCc3ccccc32)C1=O. The number of aryl methyl sites for hydroxylation is 2. The maximum absolute atomic E-state index is 13.0. The molecule has 0 bridgehead atoms. The topological polar surface area (TPSA) is 87.7 Å².